The molecule has 2 fully saturated rings. The number of piperidine rings is 1. The first-order valence-corrected chi connectivity index (χ1v) is 9.40. The Hall–Kier alpha value is -1.88. The Morgan fingerprint density at radius 3 is 2.80 bits per heavy atom. The number of aryl methyl sites for hydroxylation is 1. The summed E-state index contributed by atoms with van der Waals surface area (Å²) in [6, 6.07) is 4.11. The first-order chi connectivity index (χ1) is 12.0. The molecule has 2 N–H and O–H groups in total. The quantitative estimate of drug-likeness (QED) is 0.899. The second-order valence-electron chi connectivity index (χ2n) is 8.33. The molecule has 3 heterocycles. The van der Waals surface area contributed by atoms with Gasteiger partial charge in [0.1, 0.15) is 5.82 Å². The lowest BCUT2D eigenvalue weighted by Gasteiger charge is -2.32. The van der Waals surface area contributed by atoms with E-state index >= 15 is 0 Å². The summed E-state index contributed by atoms with van der Waals surface area (Å²) >= 11 is 0. The minimum Gasteiger partial charge on any atom is -0.344 e. The minimum absolute atomic E-state index is 0.151. The van der Waals surface area contributed by atoms with E-state index < -0.39 is 5.54 Å². The molecule has 1 amide bonds. The molecule has 5 nitrogen and oxygen atoms in total. The molecule has 1 aliphatic carbocycles. The number of imidazole rings is 1. The van der Waals surface area contributed by atoms with E-state index in [-0.39, 0.29) is 5.91 Å². The van der Waals surface area contributed by atoms with Crippen LogP contribution in [0.2, 0.25) is 0 Å². The standard InChI is InChI=1S/C20H28N4O/c1-13-5-4-8-24-17(13)12-22-19(24)20(2,3)23-18(25)9-16-14-6-7-15(16)11-21-10-14/h4-5,8,12,14-16,21H,6-7,9-11H2,1-3H3,(H,23,25). The summed E-state index contributed by atoms with van der Waals surface area (Å²) in [7, 11) is 0. The van der Waals surface area contributed by atoms with Crippen molar-refractivity contribution in [2.45, 2.75) is 45.6 Å². The van der Waals surface area contributed by atoms with Gasteiger partial charge in [0, 0.05) is 12.6 Å². The van der Waals surface area contributed by atoms with Crippen LogP contribution in [0.4, 0.5) is 0 Å². The summed E-state index contributed by atoms with van der Waals surface area (Å²) in [5.41, 5.74) is 1.79. The molecule has 25 heavy (non-hydrogen) atoms. The minimum atomic E-state index is -0.497. The zero-order valence-corrected chi connectivity index (χ0v) is 15.4. The Labute approximate surface area is 149 Å². The zero-order valence-electron chi connectivity index (χ0n) is 15.4. The van der Waals surface area contributed by atoms with Gasteiger partial charge in [0.25, 0.3) is 0 Å². The smallest absolute Gasteiger partial charge is 0.221 e. The number of nitrogens with one attached hydrogen (secondary N) is 2. The first kappa shape index (κ1) is 16.6. The molecule has 2 aromatic rings. The summed E-state index contributed by atoms with van der Waals surface area (Å²) in [6.07, 6.45) is 7.09. The highest BCUT2D eigenvalue weighted by Gasteiger charge is 2.40. The van der Waals surface area contributed by atoms with Gasteiger partial charge in [-0.15, -0.1) is 0 Å². The molecule has 0 aromatic carbocycles. The van der Waals surface area contributed by atoms with Gasteiger partial charge < -0.3 is 15.0 Å². The molecule has 1 aliphatic heterocycles. The van der Waals surface area contributed by atoms with Crippen molar-refractivity contribution >= 4 is 11.4 Å². The van der Waals surface area contributed by atoms with Gasteiger partial charge in [0.15, 0.2) is 0 Å². The number of pyridine rings is 1. The summed E-state index contributed by atoms with van der Waals surface area (Å²) < 4.78 is 2.09. The van der Waals surface area contributed by atoms with Crippen LogP contribution in [0, 0.1) is 24.7 Å². The number of aromatic nitrogens is 2. The first-order valence-electron chi connectivity index (χ1n) is 9.40. The highest BCUT2D eigenvalue weighted by atomic mass is 16.1. The molecule has 2 aliphatic rings. The Balaban J connectivity index is 1.50. The molecule has 0 spiro atoms. The maximum Gasteiger partial charge on any atom is 0.221 e. The molecule has 2 aromatic heterocycles. The van der Waals surface area contributed by atoms with E-state index in [2.05, 4.69) is 33.0 Å². The van der Waals surface area contributed by atoms with Gasteiger partial charge in [-0.2, -0.15) is 0 Å². The third-order valence-corrected chi connectivity index (χ3v) is 6.15. The van der Waals surface area contributed by atoms with E-state index in [0.29, 0.717) is 24.2 Å². The molecule has 0 radical (unpaired) electrons. The van der Waals surface area contributed by atoms with Crippen molar-refractivity contribution in [2.75, 3.05) is 13.1 Å². The summed E-state index contributed by atoms with van der Waals surface area (Å²) in [6.45, 7) is 8.31. The number of hydrogen-bond acceptors (Lipinski definition) is 3. The largest absolute Gasteiger partial charge is 0.344 e. The van der Waals surface area contributed by atoms with Crippen LogP contribution in [0.25, 0.3) is 5.52 Å². The van der Waals surface area contributed by atoms with Gasteiger partial charge in [-0.1, -0.05) is 6.07 Å². The van der Waals surface area contributed by atoms with Crippen molar-refractivity contribution in [2.24, 2.45) is 17.8 Å². The number of nitrogens with zero attached hydrogens (tertiary/aromatic N) is 2. The van der Waals surface area contributed by atoms with E-state index in [0.717, 1.165) is 24.4 Å². The summed E-state index contributed by atoms with van der Waals surface area (Å²) in [4.78, 5) is 17.4. The number of amides is 1. The fourth-order valence-corrected chi connectivity index (χ4v) is 4.83. The van der Waals surface area contributed by atoms with E-state index in [1.807, 2.05) is 32.3 Å². The topological polar surface area (TPSA) is 58.4 Å². The van der Waals surface area contributed by atoms with Crippen molar-refractivity contribution in [3.63, 3.8) is 0 Å². The molecule has 2 atom stereocenters. The van der Waals surface area contributed by atoms with Crippen LogP contribution < -0.4 is 10.6 Å². The fraction of sp³-hybridized carbons (Fsp3) is 0.600. The van der Waals surface area contributed by atoms with Crippen molar-refractivity contribution in [1.82, 2.24) is 20.0 Å². The average Bonchev–Trinajstić information content (AvgIpc) is 3.06. The van der Waals surface area contributed by atoms with Gasteiger partial charge in [0.2, 0.25) is 5.91 Å². The molecule has 134 valence electrons. The average molecular weight is 340 g/mol. The highest BCUT2D eigenvalue weighted by molar-refractivity contribution is 5.77. The number of carbonyl (C=O) groups excluding carboxylic acids is 1. The van der Waals surface area contributed by atoms with E-state index in [9.17, 15) is 4.79 Å². The van der Waals surface area contributed by atoms with Crippen molar-refractivity contribution in [3.8, 4) is 0 Å². The van der Waals surface area contributed by atoms with Crippen molar-refractivity contribution < 1.29 is 4.79 Å². The third-order valence-electron chi connectivity index (χ3n) is 6.15. The maximum absolute atomic E-state index is 12.8. The number of hydrogen-bond donors (Lipinski definition) is 2. The van der Waals surface area contributed by atoms with Crippen molar-refractivity contribution in [3.05, 3.63) is 35.9 Å². The Morgan fingerprint density at radius 1 is 1.36 bits per heavy atom. The van der Waals surface area contributed by atoms with Gasteiger partial charge >= 0.3 is 0 Å². The zero-order chi connectivity index (χ0) is 17.6. The van der Waals surface area contributed by atoms with Crippen LogP contribution in [0.3, 0.4) is 0 Å². The lowest BCUT2D eigenvalue weighted by Crippen LogP contribution is -2.45. The van der Waals surface area contributed by atoms with Crippen LogP contribution in [-0.4, -0.2) is 28.4 Å². The molecule has 4 rings (SSSR count). The molecule has 2 unspecified atom stereocenters. The Kier molecular flexibility index (Phi) is 4.07. The number of fused-ring (bicyclic) bond motifs is 3. The fourth-order valence-electron chi connectivity index (χ4n) is 4.83. The summed E-state index contributed by atoms with van der Waals surface area (Å²) in [5.74, 6) is 2.91. The second-order valence-corrected chi connectivity index (χ2v) is 8.33. The van der Waals surface area contributed by atoms with E-state index in [4.69, 9.17) is 0 Å². The van der Waals surface area contributed by atoms with Crippen LogP contribution in [0.15, 0.2) is 24.5 Å². The van der Waals surface area contributed by atoms with Crippen molar-refractivity contribution in [1.29, 1.82) is 0 Å². The predicted octanol–water partition coefficient (Wildman–Crippen LogP) is 2.63. The Bertz CT molecular complexity index is 778. The van der Waals surface area contributed by atoms with Gasteiger partial charge in [0.05, 0.1) is 17.3 Å². The molecule has 1 saturated heterocycles. The molecular formula is C20H28N4O. The normalized spacial score (nSPS) is 26.1. The van der Waals surface area contributed by atoms with Crippen LogP contribution in [0.1, 0.15) is 44.5 Å². The summed E-state index contributed by atoms with van der Waals surface area (Å²) in [5, 5.41) is 6.74. The number of rotatable bonds is 4. The van der Waals surface area contributed by atoms with Gasteiger partial charge in [-0.25, -0.2) is 4.98 Å². The second kappa shape index (κ2) is 6.13. The Morgan fingerprint density at radius 2 is 2.08 bits per heavy atom. The molecule has 2 bridgehead atoms. The van der Waals surface area contributed by atoms with E-state index in [1.54, 1.807) is 0 Å². The molecule has 1 saturated carbocycles. The molecule has 5 heteroatoms. The lowest BCUT2D eigenvalue weighted by molar-refractivity contribution is -0.124. The number of carbonyl (C=O) groups is 1. The van der Waals surface area contributed by atoms with Gasteiger partial charge in [-0.05, 0) is 76.1 Å². The van der Waals surface area contributed by atoms with E-state index in [1.165, 1.54) is 18.4 Å². The monoisotopic (exact) mass is 340 g/mol. The maximum atomic E-state index is 12.8. The van der Waals surface area contributed by atoms with Gasteiger partial charge in [-0.3, -0.25) is 4.79 Å². The third kappa shape index (κ3) is 2.95. The molecular weight excluding hydrogens is 312 g/mol. The van der Waals surface area contributed by atoms with Crippen LogP contribution in [0.5, 0.6) is 0 Å². The van der Waals surface area contributed by atoms with Crippen LogP contribution in [-0.2, 0) is 10.3 Å². The predicted molar refractivity (Wildman–Crippen MR) is 98.3 cm³/mol. The van der Waals surface area contributed by atoms with Crippen LogP contribution >= 0.6 is 0 Å². The highest BCUT2D eigenvalue weighted by Crippen LogP contribution is 2.41. The SMILES string of the molecule is Cc1cccn2c(C(C)(C)NC(=O)CC3C4CCC3CNC4)ncc12. The lowest BCUT2D eigenvalue weighted by atomic mass is 9.83.